The molecule has 94 valence electrons. The molecule has 3 N–H and O–H groups in total. The third-order valence-electron chi connectivity index (χ3n) is 2.31. The maximum absolute atomic E-state index is 10.8. The predicted octanol–water partition coefficient (Wildman–Crippen LogP) is 0.981. The van der Waals surface area contributed by atoms with Gasteiger partial charge >= 0.3 is 0 Å². The molecule has 0 rings (SSSR count). The molecule has 0 aliphatic carbocycles. The summed E-state index contributed by atoms with van der Waals surface area (Å²) in [5.74, 6) is -0.252. The molecule has 2 unspecified atom stereocenters. The van der Waals surface area contributed by atoms with Crippen LogP contribution in [0.15, 0.2) is 12.2 Å². The van der Waals surface area contributed by atoms with E-state index < -0.39 is 12.1 Å². The third kappa shape index (κ3) is 7.43. The Balaban J connectivity index is 3.90. The molecule has 4 heteroatoms. The lowest BCUT2D eigenvalue weighted by atomic mass is 10.1. The van der Waals surface area contributed by atoms with Crippen molar-refractivity contribution in [2.45, 2.75) is 51.7 Å². The summed E-state index contributed by atoms with van der Waals surface area (Å²) in [5.41, 5.74) is 0. The monoisotopic (exact) mass is 229 g/mol. The van der Waals surface area contributed by atoms with Gasteiger partial charge in [0.2, 0.25) is 5.91 Å². The van der Waals surface area contributed by atoms with Gasteiger partial charge in [-0.3, -0.25) is 4.79 Å². The molecule has 0 aliphatic heterocycles. The number of carbonyl (C=O) groups excluding carboxylic acids is 1. The number of carbonyl (C=O) groups is 1. The van der Waals surface area contributed by atoms with Gasteiger partial charge in [0.05, 0.1) is 18.8 Å². The van der Waals surface area contributed by atoms with Gasteiger partial charge in [-0.05, 0) is 12.8 Å². The molecule has 0 aromatic carbocycles. The van der Waals surface area contributed by atoms with E-state index in [9.17, 15) is 9.90 Å². The molecule has 0 spiro atoms. The summed E-state index contributed by atoms with van der Waals surface area (Å²) in [4.78, 5) is 10.8. The van der Waals surface area contributed by atoms with Gasteiger partial charge < -0.3 is 15.5 Å². The minimum absolute atomic E-state index is 0.252. The fraction of sp³-hybridized carbons (Fsp3) is 0.750. The first-order valence-corrected chi connectivity index (χ1v) is 5.84. The zero-order chi connectivity index (χ0) is 12.4. The molecule has 0 bridgehead atoms. The van der Waals surface area contributed by atoms with Crippen molar-refractivity contribution in [2.24, 2.45) is 0 Å². The molecule has 0 heterocycles. The number of allylic oxidation sites excluding steroid dienone is 1. The van der Waals surface area contributed by atoms with Crippen LogP contribution in [-0.2, 0) is 4.79 Å². The van der Waals surface area contributed by atoms with Gasteiger partial charge in [-0.15, -0.1) is 0 Å². The highest BCUT2D eigenvalue weighted by Crippen LogP contribution is 2.02. The molecule has 0 aliphatic rings. The van der Waals surface area contributed by atoms with E-state index in [0.717, 1.165) is 12.8 Å². The van der Waals surface area contributed by atoms with Crippen molar-refractivity contribution >= 4 is 5.91 Å². The Kier molecular flexibility index (Phi) is 8.85. The van der Waals surface area contributed by atoms with E-state index in [-0.39, 0.29) is 12.5 Å². The number of nitrogens with one attached hydrogen (secondary N) is 1. The lowest BCUT2D eigenvalue weighted by Crippen LogP contribution is -2.44. The number of hydrogen-bond donors (Lipinski definition) is 3. The molecule has 1 amide bonds. The molecular weight excluding hydrogens is 206 g/mol. The van der Waals surface area contributed by atoms with Gasteiger partial charge in [0.15, 0.2) is 0 Å². The van der Waals surface area contributed by atoms with Crippen molar-refractivity contribution in [3.05, 3.63) is 12.2 Å². The van der Waals surface area contributed by atoms with Crippen LogP contribution in [-0.4, -0.2) is 34.9 Å². The Morgan fingerprint density at radius 3 is 2.62 bits per heavy atom. The normalized spacial score (nSPS) is 15.0. The van der Waals surface area contributed by atoms with E-state index in [2.05, 4.69) is 12.2 Å². The Morgan fingerprint density at radius 1 is 1.44 bits per heavy atom. The average Bonchev–Trinajstić information content (AvgIpc) is 2.25. The van der Waals surface area contributed by atoms with Crippen LogP contribution >= 0.6 is 0 Å². The lowest BCUT2D eigenvalue weighted by Gasteiger charge is -2.18. The number of unbranched alkanes of at least 4 members (excludes halogenated alkanes) is 3. The van der Waals surface area contributed by atoms with Gasteiger partial charge in [-0.1, -0.05) is 31.9 Å². The van der Waals surface area contributed by atoms with Gasteiger partial charge in [-0.2, -0.15) is 0 Å². The zero-order valence-electron chi connectivity index (χ0n) is 10.1. The summed E-state index contributed by atoms with van der Waals surface area (Å²) in [5, 5.41) is 21.1. The maximum atomic E-state index is 10.8. The molecular formula is C12H23NO3. The molecule has 4 nitrogen and oxygen atoms in total. The number of amides is 1. The van der Waals surface area contributed by atoms with Crippen LogP contribution in [0.2, 0.25) is 0 Å². The van der Waals surface area contributed by atoms with Gasteiger partial charge in [0, 0.05) is 6.92 Å². The second-order valence-electron chi connectivity index (χ2n) is 3.90. The van der Waals surface area contributed by atoms with Crippen LogP contribution in [0.5, 0.6) is 0 Å². The smallest absolute Gasteiger partial charge is 0.217 e. The molecule has 0 fully saturated rings. The number of rotatable bonds is 8. The van der Waals surface area contributed by atoms with Crippen LogP contribution in [0.3, 0.4) is 0 Å². The summed E-state index contributed by atoms with van der Waals surface area (Å²) in [6.45, 7) is 3.23. The number of aliphatic hydroxyl groups is 2. The summed E-state index contributed by atoms with van der Waals surface area (Å²) < 4.78 is 0. The largest absolute Gasteiger partial charge is 0.394 e. The number of hydrogen-bond acceptors (Lipinski definition) is 3. The highest BCUT2D eigenvalue weighted by molar-refractivity contribution is 5.73. The molecule has 0 aromatic heterocycles. The predicted molar refractivity (Wildman–Crippen MR) is 64.0 cm³/mol. The van der Waals surface area contributed by atoms with Crippen molar-refractivity contribution in [3.63, 3.8) is 0 Å². The fourth-order valence-electron chi connectivity index (χ4n) is 1.38. The molecule has 2 atom stereocenters. The Bertz CT molecular complexity index is 216. The van der Waals surface area contributed by atoms with E-state index in [4.69, 9.17) is 5.11 Å². The summed E-state index contributed by atoms with van der Waals surface area (Å²) in [6.07, 6.45) is 7.07. The quantitative estimate of drug-likeness (QED) is 0.429. The van der Waals surface area contributed by atoms with E-state index in [1.807, 2.05) is 6.08 Å². The van der Waals surface area contributed by atoms with Crippen LogP contribution in [0.1, 0.15) is 39.5 Å². The van der Waals surface area contributed by atoms with Crippen molar-refractivity contribution in [2.75, 3.05) is 6.61 Å². The van der Waals surface area contributed by atoms with Gasteiger partial charge in [-0.25, -0.2) is 0 Å². The molecule has 16 heavy (non-hydrogen) atoms. The second kappa shape index (κ2) is 9.36. The summed E-state index contributed by atoms with van der Waals surface area (Å²) in [6, 6.07) is -0.611. The standard InChI is InChI=1S/C12H23NO3/c1-3-4-5-6-7-8-12(16)11(9-14)13-10(2)15/h7-8,11-12,14,16H,3-6,9H2,1-2H3,(H,13,15)/b8-7+. The van der Waals surface area contributed by atoms with E-state index >= 15 is 0 Å². The van der Waals surface area contributed by atoms with Crippen LogP contribution in [0.25, 0.3) is 0 Å². The second-order valence-corrected chi connectivity index (χ2v) is 3.90. The lowest BCUT2D eigenvalue weighted by molar-refractivity contribution is -0.120. The third-order valence-corrected chi connectivity index (χ3v) is 2.31. The first-order chi connectivity index (χ1) is 7.61. The van der Waals surface area contributed by atoms with E-state index in [1.165, 1.54) is 19.8 Å². The van der Waals surface area contributed by atoms with Crippen LogP contribution in [0, 0.1) is 0 Å². The molecule has 0 saturated heterocycles. The highest BCUT2D eigenvalue weighted by atomic mass is 16.3. The van der Waals surface area contributed by atoms with Crippen molar-refractivity contribution in [3.8, 4) is 0 Å². The van der Waals surface area contributed by atoms with Crippen molar-refractivity contribution in [1.82, 2.24) is 5.32 Å². The first-order valence-electron chi connectivity index (χ1n) is 5.84. The maximum Gasteiger partial charge on any atom is 0.217 e. The zero-order valence-corrected chi connectivity index (χ0v) is 10.1. The Morgan fingerprint density at radius 2 is 2.12 bits per heavy atom. The van der Waals surface area contributed by atoms with Crippen LogP contribution in [0.4, 0.5) is 0 Å². The minimum Gasteiger partial charge on any atom is -0.394 e. The topological polar surface area (TPSA) is 69.6 Å². The van der Waals surface area contributed by atoms with Gasteiger partial charge in [0.1, 0.15) is 0 Å². The number of aliphatic hydroxyl groups excluding tert-OH is 2. The molecule has 0 radical (unpaired) electrons. The minimum atomic E-state index is -0.824. The van der Waals surface area contributed by atoms with Crippen molar-refractivity contribution in [1.29, 1.82) is 0 Å². The fourth-order valence-corrected chi connectivity index (χ4v) is 1.38. The Labute approximate surface area is 97.4 Å². The molecule has 0 aromatic rings. The summed E-state index contributed by atoms with van der Waals surface area (Å²) in [7, 11) is 0. The van der Waals surface area contributed by atoms with Gasteiger partial charge in [0.25, 0.3) is 0 Å². The molecule has 0 saturated carbocycles. The Hall–Kier alpha value is -0.870. The SMILES string of the molecule is CCCCC/C=C/C(O)C(CO)NC(C)=O. The van der Waals surface area contributed by atoms with E-state index in [1.54, 1.807) is 6.08 Å². The highest BCUT2D eigenvalue weighted by Gasteiger charge is 2.15. The average molecular weight is 229 g/mol. The first kappa shape index (κ1) is 15.1. The van der Waals surface area contributed by atoms with E-state index in [0.29, 0.717) is 0 Å². The summed E-state index contributed by atoms with van der Waals surface area (Å²) >= 11 is 0. The van der Waals surface area contributed by atoms with Crippen molar-refractivity contribution < 1.29 is 15.0 Å². The van der Waals surface area contributed by atoms with Crippen LogP contribution < -0.4 is 5.32 Å².